The Hall–Kier alpha value is -3.15. The number of hydrogen-bond acceptors (Lipinski definition) is 4. The van der Waals surface area contributed by atoms with Gasteiger partial charge in [0.2, 0.25) is 5.91 Å². The summed E-state index contributed by atoms with van der Waals surface area (Å²) >= 11 is 0. The number of nitrogens with one attached hydrogen (secondary N) is 1. The van der Waals surface area contributed by atoms with Gasteiger partial charge in [0.25, 0.3) is 0 Å². The van der Waals surface area contributed by atoms with Crippen molar-refractivity contribution in [1.82, 2.24) is 15.0 Å². The molecule has 1 heterocycles. The number of carbonyl (C=O) groups is 1. The third-order valence-electron chi connectivity index (χ3n) is 3.69. The first-order valence-electron chi connectivity index (χ1n) is 7.72. The van der Waals surface area contributed by atoms with E-state index < -0.39 is 11.9 Å². The van der Waals surface area contributed by atoms with E-state index in [1.807, 2.05) is 48.7 Å². The van der Waals surface area contributed by atoms with Crippen LogP contribution < -0.4 is 11.1 Å². The highest BCUT2D eigenvalue weighted by atomic mass is 16.1. The average Bonchev–Trinajstić information content (AvgIpc) is 3.04. The third-order valence-corrected chi connectivity index (χ3v) is 3.69. The lowest BCUT2D eigenvalue weighted by Gasteiger charge is -2.12. The largest absolute Gasteiger partial charge is 0.374 e. The molecule has 0 radical (unpaired) electrons. The van der Waals surface area contributed by atoms with Crippen molar-refractivity contribution in [2.75, 3.05) is 5.32 Å². The summed E-state index contributed by atoms with van der Waals surface area (Å²) in [6.07, 6.45) is 1.91. The van der Waals surface area contributed by atoms with Gasteiger partial charge in [-0.3, -0.25) is 4.79 Å². The number of rotatable bonds is 6. The summed E-state index contributed by atoms with van der Waals surface area (Å²) < 4.78 is 1.80. The van der Waals surface area contributed by atoms with Crippen LogP contribution >= 0.6 is 0 Å². The van der Waals surface area contributed by atoms with E-state index in [0.717, 1.165) is 16.9 Å². The van der Waals surface area contributed by atoms with Gasteiger partial charge >= 0.3 is 0 Å². The van der Waals surface area contributed by atoms with Gasteiger partial charge in [-0.2, -0.15) is 0 Å². The van der Waals surface area contributed by atoms with Crippen molar-refractivity contribution in [3.05, 3.63) is 66.4 Å². The quantitative estimate of drug-likeness (QED) is 0.729. The fourth-order valence-electron chi connectivity index (χ4n) is 2.37. The number of nitrogens with two attached hydrogens (primary N) is 1. The summed E-state index contributed by atoms with van der Waals surface area (Å²) in [6, 6.07) is 17.3. The molecule has 1 amide bonds. The van der Waals surface area contributed by atoms with E-state index >= 15 is 0 Å². The minimum atomic E-state index is -0.436. The number of benzene rings is 2. The number of anilines is 1. The Kier molecular flexibility index (Phi) is 4.56. The first kappa shape index (κ1) is 15.7. The molecule has 3 rings (SSSR count). The Balaban J connectivity index is 1.76. The highest BCUT2D eigenvalue weighted by molar-refractivity contribution is 5.82. The zero-order valence-corrected chi connectivity index (χ0v) is 13.4. The van der Waals surface area contributed by atoms with Crippen LogP contribution in [0.1, 0.15) is 12.5 Å². The minimum Gasteiger partial charge on any atom is -0.374 e. The monoisotopic (exact) mass is 321 g/mol. The predicted octanol–water partition coefficient (Wildman–Crippen LogP) is 2.28. The Morgan fingerprint density at radius 3 is 2.75 bits per heavy atom. The predicted molar refractivity (Wildman–Crippen MR) is 93.3 cm³/mol. The van der Waals surface area contributed by atoms with Crippen LogP contribution in [0.15, 0.2) is 60.8 Å². The molecule has 0 spiro atoms. The molecule has 0 aliphatic rings. The molecule has 0 unspecified atom stereocenters. The molecule has 1 atom stereocenters. The molecule has 0 saturated carbocycles. The van der Waals surface area contributed by atoms with Crippen molar-refractivity contribution in [1.29, 1.82) is 0 Å². The van der Waals surface area contributed by atoms with Crippen LogP contribution in [0.5, 0.6) is 0 Å². The van der Waals surface area contributed by atoms with E-state index in [9.17, 15) is 4.79 Å². The van der Waals surface area contributed by atoms with Gasteiger partial charge in [-0.05, 0) is 24.6 Å². The van der Waals surface area contributed by atoms with Gasteiger partial charge in [0, 0.05) is 11.3 Å². The number of hydrogen-bond donors (Lipinski definition) is 2. The van der Waals surface area contributed by atoms with Gasteiger partial charge in [0.15, 0.2) is 0 Å². The number of carbonyl (C=O) groups excluding carboxylic acids is 1. The molecular formula is C18H19N5O. The smallest absolute Gasteiger partial charge is 0.239 e. The summed E-state index contributed by atoms with van der Waals surface area (Å²) in [5, 5.41) is 11.5. The molecule has 0 aliphatic carbocycles. The maximum absolute atomic E-state index is 11.2. The molecule has 0 aliphatic heterocycles. The summed E-state index contributed by atoms with van der Waals surface area (Å²) in [7, 11) is 0. The third kappa shape index (κ3) is 3.78. The van der Waals surface area contributed by atoms with Gasteiger partial charge in [-0.15, -0.1) is 5.10 Å². The van der Waals surface area contributed by atoms with Crippen molar-refractivity contribution in [3.8, 4) is 11.3 Å². The fraction of sp³-hybridized carbons (Fsp3) is 0.167. The van der Waals surface area contributed by atoms with E-state index in [1.165, 1.54) is 5.56 Å². The maximum Gasteiger partial charge on any atom is 0.239 e. The molecule has 0 fully saturated rings. The Bertz CT molecular complexity index is 828. The van der Waals surface area contributed by atoms with Crippen LogP contribution in [-0.2, 0) is 11.3 Å². The van der Waals surface area contributed by atoms with Crippen LogP contribution in [0, 0.1) is 0 Å². The van der Waals surface area contributed by atoms with Crippen LogP contribution in [0.3, 0.4) is 0 Å². The van der Waals surface area contributed by atoms with Gasteiger partial charge < -0.3 is 11.1 Å². The SMILES string of the molecule is C[C@@H](Nc1cccc(-c2cn(Cc3ccccc3)nn2)c1)C(N)=O. The number of amides is 1. The van der Waals surface area contributed by atoms with Gasteiger partial charge in [0.05, 0.1) is 12.7 Å². The highest BCUT2D eigenvalue weighted by Crippen LogP contribution is 2.21. The minimum absolute atomic E-state index is 0.394. The summed E-state index contributed by atoms with van der Waals surface area (Å²) in [5.74, 6) is -0.394. The second kappa shape index (κ2) is 6.95. The molecule has 3 N–H and O–H groups in total. The molecule has 0 saturated heterocycles. The molecule has 24 heavy (non-hydrogen) atoms. The topological polar surface area (TPSA) is 85.8 Å². The number of nitrogens with zero attached hydrogens (tertiary/aromatic N) is 3. The number of primary amides is 1. The fourth-order valence-corrected chi connectivity index (χ4v) is 2.37. The molecule has 6 heteroatoms. The normalized spacial score (nSPS) is 11.9. The van der Waals surface area contributed by atoms with E-state index in [1.54, 1.807) is 11.6 Å². The van der Waals surface area contributed by atoms with E-state index in [-0.39, 0.29) is 0 Å². The average molecular weight is 321 g/mol. The zero-order valence-electron chi connectivity index (χ0n) is 13.4. The summed E-state index contributed by atoms with van der Waals surface area (Å²) in [5.41, 5.74) is 8.97. The molecule has 6 nitrogen and oxygen atoms in total. The van der Waals surface area contributed by atoms with E-state index in [0.29, 0.717) is 6.54 Å². The second-order valence-electron chi connectivity index (χ2n) is 5.64. The van der Waals surface area contributed by atoms with Crippen molar-refractivity contribution >= 4 is 11.6 Å². The standard InChI is InChI=1S/C18H19N5O/c1-13(18(19)24)20-16-9-5-8-15(10-16)17-12-23(22-21-17)11-14-6-3-2-4-7-14/h2-10,12-13,20H,11H2,1H3,(H2,19,24)/t13-/m1/s1. The number of aromatic nitrogens is 3. The first-order valence-corrected chi connectivity index (χ1v) is 7.72. The lowest BCUT2D eigenvalue weighted by atomic mass is 10.1. The Morgan fingerprint density at radius 2 is 2.00 bits per heavy atom. The first-order chi connectivity index (χ1) is 11.6. The van der Waals surface area contributed by atoms with E-state index in [4.69, 9.17) is 5.73 Å². The van der Waals surface area contributed by atoms with Crippen molar-refractivity contribution in [2.45, 2.75) is 19.5 Å². The lowest BCUT2D eigenvalue weighted by molar-refractivity contribution is -0.118. The van der Waals surface area contributed by atoms with Crippen molar-refractivity contribution in [3.63, 3.8) is 0 Å². The second-order valence-corrected chi connectivity index (χ2v) is 5.64. The van der Waals surface area contributed by atoms with E-state index in [2.05, 4.69) is 27.8 Å². The van der Waals surface area contributed by atoms with Crippen LogP contribution in [0.4, 0.5) is 5.69 Å². The molecule has 3 aromatic rings. The van der Waals surface area contributed by atoms with Crippen molar-refractivity contribution in [2.24, 2.45) is 5.73 Å². The summed E-state index contributed by atoms with van der Waals surface area (Å²) in [6.45, 7) is 2.40. The Morgan fingerprint density at radius 1 is 1.21 bits per heavy atom. The lowest BCUT2D eigenvalue weighted by Crippen LogP contribution is -2.32. The molecule has 0 bridgehead atoms. The molecular weight excluding hydrogens is 302 g/mol. The zero-order chi connectivity index (χ0) is 16.9. The van der Waals surface area contributed by atoms with Crippen LogP contribution in [0.25, 0.3) is 11.3 Å². The van der Waals surface area contributed by atoms with Gasteiger partial charge in [-0.1, -0.05) is 47.7 Å². The summed E-state index contributed by atoms with van der Waals surface area (Å²) in [4.78, 5) is 11.2. The Labute approximate surface area is 140 Å². The van der Waals surface area contributed by atoms with Crippen molar-refractivity contribution < 1.29 is 4.79 Å². The van der Waals surface area contributed by atoms with Crippen LogP contribution in [0.2, 0.25) is 0 Å². The molecule has 2 aromatic carbocycles. The maximum atomic E-state index is 11.2. The molecule has 122 valence electrons. The van der Waals surface area contributed by atoms with Gasteiger partial charge in [-0.25, -0.2) is 4.68 Å². The molecule has 1 aromatic heterocycles. The van der Waals surface area contributed by atoms with Gasteiger partial charge in [0.1, 0.15) is 11.7 Å². The van der Waals surface area contributed by atoms with Crippen LogP contribution in [-0.4, -0.2) is 26.9 Å². The highest BCUT2D eigenvalue weighted by Gasteiger charge is 2.09.